The third-order valence-corrected chi connectivity index (χ3v) is 2.68. The molecule has 0 saturated heterocycles. The number of amides is 1. The second-order valence-electron chi connectivity index (χ2n) is 4.47. The molecule has 19 heavy (non-hydrogen) atoms. The van der Waals surface area contributed by atoms with E-state index in [1.54, 1.807) is 30.1 Å². The van der Waals surface area contributed by atoms with Crippen molar-refractivity contribution in [1.29, 1.82) is 0 Å². The lowest BCUT2D eigenvalue weighted by Crippen LogP contribution is -2.44. The normalized spacial score (nSPS) is 12.7. The van der Waals surface area contributed by atoms with Crippen molar-refractivity contribution in [2.45, 2.75) is 19.9 Å². The maximum Gasteiger partial charge on any atom is 0.328 e. The third-order valence-electron chi connectivity index (χ3n) is 2.68. The van der Waals surface area contributed by atoms with Gasteiger partial charge in [-0.2, -0.15) is 5.10 Å². The number of aromatic nitrogens is 2. The Labute approximate surface area is 112 Å². The summed E-state index contributed by atoms with van der Waals surface area (Å²) in [6.07, 6.45) is 4.65. The van der Waals surface area contributed by atoms with Crippen LogP contribution in [0.5, 0.6) is 0 Å². The second-order valence-corrected chi connectivity index (χ2v) is 4.47. The summed E-state index contributed by atoms with van der Waals surface area (Å²) in [5.41, 5.74) is 0.800. The van der Waals surface area contributed by atoms with Gasteiger partial charge in [0.1, 0.15) is 6.04 Å². The highest BCUT2D eigenvalue weighted by molar-refractivity contribution is 5.94. The Morgan fingerprint density at radius 3 is 2.63 bits per heavy atom. The lowest BCUT2D eigenvalue weighted by atomic mass is 10.0. The first-order valence-corrected chi connectivity index (χ1v) is 6.00. The van der Waals surface area contributed by atoms with E-state index in [4.69, 9.17) is 0 Å². The number of hydrogen-bond acceptors (Lipinski definition) is 4. The van der Waals surface area contributed by atoms with Gasteiger partial charge in [-0.05, 0) is 18.1 Å². The van der Waals surface area contributed by atoms with E-state index in [-0.39, 0.29) is 11.8 Å². The van der Waals surface area contributed by atoms with Gasteiger partial charge in [0.15, 0.2) is 0 Å². The quantitative estimate of drug-likeness (QED) is 0.629. The SMILES string of the molecule is COC(=O)[C@H](NC(=O)/C=C/c1ccnn1C)C(C)C. The highest BCUT2D eigenvalue weighted by atomic mass is 16.5. The van der Waals surface area contributed by atoms with Gasteiger partial charge < -0.3 is 10.1 Å². The summed E-state index contributed by atoms with van der Waals surface area (Å²) < 4.78 is 6.30. The minimum absolute atomic E-state index is 0.0403. The standard InChI is InChI=1S/C13H19N3O3/c1-9(2)12(13(18)19-4)15-11(17)6-5-10-7-8-14-16(10)3/h5-9,12H,1-4H3,(H,15,17)/b6-5+/t12-/m1/s1. The number of nitrogens with one attached hydrogen (secondary N) is 1. The van der Waals surface area contributed by atoms with Gasteiger partial charge in [0, 0.05) is 19.3 Å². The van der Waals surface area contributed by atoms with Crippen molar-refractivity contribution in [3.8, 4) is 0 Å². The van der Waals surface area contributed by atoms with Crippen LogP contribution in [0.3, 0.4) is 0 Å². The lowest BCUT2D eigenvalue weighted by molar-refractivity contribution is -0.145. The summed E-state index contributed by atoms with van der Waals surface area (Å²) >= 11 is 0. The molecular weight excluding hydrogens is 246 g/mol. The van der Waals surface area contributed by atoms with Gasteiger partial charge in [0.05, 0.1) is 12.8 Å². The molecule has 0 radical (unpaired) electrons. The van der Waals surface area contributed by atoms with Gasteiger partial charge >= 0.3 is 5.97 Å². The molecule has 0 unspecified atom stereocenters. The van der Waals surface area contributed by atoms with Crippen LogP contribution in [0.1, 0.15) is 19.5 Å². The van der Waals surface area contributed by atoms with Crippen molar-refractivity contribution < 1.29 is 14.3 Å². The number of methoxy groups -OCH3 is 1. The number of rotatable bonds is 5. The van der Waals surface area contributed by atoms with E-state index in [1.807, 2.05) is 13.8 Å². The van der Waals surface area contributed by atoms with Gasteiger partial charge in [-0.25, -0.2) is 4.79 Å². The van der Waals surface area contributed by atoms with Gasteiger partial charge in [0.25, 0.3) is 0 Å². The minimum Gasteiger partial charge on any atom is -0.467 e. The fourth-order valence-electron chi connectivity index (χ4n) is 1.53. The molecule has 1 amide bonds. The van der Waals surface area contributed by atoms with Gasteiger partial charge in [-0.3, -0.25) is 9.48 Å². The number of esters is 1. The summed E-state index contributed by atoms with van der Waals surface area (Å²) in [4.78, 5) is 23.3. The van der Waals surface area contributed by atoms with E-state index in [0.717, 1.165) is 5.69 Å². The zero-order valence-electron chi connectivity index (χ0n) is 11.6. The fourth-order valence-corrected chi connectivity index (χ4v) is 1.53. The van der Waals surface area contributed by atoms with Crippen LogP contribution in [0.15, 0.2) is 18.3 Å². The molecule has 0 spiro atoms. The highest BCUT2D eigenvalue weighted by Crippen LogP contribution is 2.04. The third kappa shape index (κ3) is 4.24. The van der Waals surface area contributed by atoms with Crippen LogP contribution in [0.4, 0.5) is 0 Å². The van der Waals surface area contributed by atoms with E-state index < -0.39 is 12.0 Å². The second kappa shape index (κ2) is 6.72. The molecule has 1 aromatic rings. The highest BCUT2D eigenvalue weighted by Gasteiger charge is 2.23. The van der Waals surface area contributed by atoms with Crippen LogP contribution in [-0.2, 0) is 21.4 Å². The Balaban J connectivity index is 2.66. The van der Waals surface area contributed by atoms with Crippen molar-refractivity contribution in [2.75, 3.05) is 7.11 Å². The van der Waals surface area contributed by atoms with E-state index in [9.17, 15) is 9.59 Å². The summed E-state index contributed by atoms with van der Waals surface area (Å²) in [6.45, 7) is 3.68. The van der Waals surface area contributed by atoms with Gasteiger partial charge in [0.2, 0.25) is 5.91 Å². The van der Waals surface area contributed by atoms with Crippen LogP contribution in [0.25, 0.3) is 6.08 Å². The smallest absolute Gasteiger partial charge is 0.328 e. The average Bonchev–Trinajstić information content (AvgIpc) is 2.77. The largest absolute Gasteiger partial charge is 0.467 e. The topological polar surface area (TPSA) is 73.2 Å². The van der Waals surface area contributed by atoms with Crippen molar-refractivity contribution in [2.24, 2.45) is 13.0 Å². The molecule has 0 aliphatic heterocycles. The summed E-state index contributed by atoms with van der Waals surface area (Å²) in [5.74, 6) is -0.830. The first-order valence-electron chi connectivity index (χ1n) is 6.00. The Morgan fingerprint density at radius 1 is 1.47 bits per heavy atom. The van der Waals surface area contributed by atoms with Crippen molar-refractivity contribution in [3.63, 3.8) is 0 Å². The molecule has 6 nitrogen and oxygen atoms in total. The van der Waals surface area contributed by atoms with Crippen LogP contribution in [-0.4, -0.2) is 34.8 Å². The zero-order chi connectivity index (χ0) is 14.4. The monoisotopic (exact) mass is 265 g/mol. The molecule has 0 aromatic carbocycles. The zero-order valence-corrected chi connectivity index (χ0v) is 11.6. The molecule has 6 heteroatoms. The molecular formula is C13H19N3O3. The molecule has 1 rings (SSSR count). The predicted molar refractivity (Wildman–Crippen MR) is 71.0 cm³/mol. The van der Waals surface area contributed by atoms with E-state index in [2.05, 4.69) is 15.2 Å². The maximum absolute atomic E-state index is 11.7. The lowest BCUT2D eigenvalue weighted by Gasteiger charge is -2.18. The van der Waals surface area contributed by atoms with Crippen LogP contribution < -0.4 is 5.32 Å². The molecule has 0 aliphatic rings. The van der Waals surface area contributed by atoms with Crippen LogP contribution >= 0.6 is 0 Å². The molecule has 1 heterocycles. The van der Waals surface area contributed by atoms with E-state index in [0.29, 0.717) is 0 Å². The molecule has 1 N–H and O–H groups in total. The Bertz CT molecular complexity index is 477. The Hall–Kier alpha value is -2.11. The van der Waals surface area contributed by atoms with Crippen LogP contribution in [0, 0.1) is 5.92 Å². The molecule has 0 fully saturated rings. The van der Waals surface area contributed by atoms with E-state index in [1.165, 1.54) is 13.2 Å². The first kappa shape index (κ1) is 14.9. The number of ether oxygens (including phenoxy) is 1. The van der Waals surface area contributed by atoms with Crippen molar-refractivity contribution in [1.82, 2.24) is 15.1 Å². The average molecular weight is 265 g/mol. The molecule has 0 aliphatic carbocycles. The summed E-state index contributed by atoms with van der Waals surface area (Å²) in [7, 11) is 3.08. The summed E-state index contributed by atoms with van der Waals surface area (Å²) in [5, 5.41) is 6.60. The van der Waals surface area contributed by atoms with Gasteiger partial charge in [-0.1, -0.05) is 13.8 Å². The predicted octanol–water partition coefficient (Wildman–Crippen LogP) is 0.747. The van der Waals surface area contributed by atoms with Gasteiger partial charge in [-0.15, -0.1) is 0 Å². The fraction of sp³-hybridized carbons (Fsp3) is 0.462. The maximum atomic E-state index is 11.7. The molecule has 0 bridgehead atoms. The first-order chi connectivity index (χ1) is 8.95. The number of hydrogen-bond donors (Lipinski definition) is 1. The van der Waals surface area contributed by atoms with E-state index >= 15 is 0 Å². The number of nitrogens with zero attached hydrogens (tertiary/aromatic N) is 2. The Kier molecular flexibility index (Phi) is 5.29. The molecule has 0 saturated carbocycles. The number of carbonyl (C=O) groups is 2. The summed E-state index contributed by atoms with van der Waals surface area (Å²) in [6, 6.07) is 1.14. The molecule has 104 valence electrons. The van der Waals surface area contributed by atoms with Crippen molar-refractivity contribution in [3.05, 3.63) is 24.0 Å². The van der Waals surface area contributed by atoms with Crippen LogP contribution in [0.2, 0.25) is 0 Å². The number of carbonyl (C=O) groups excluding carboxylic acids is 2. The minimum atomic E-state index is -0.645. The number of aryl methyl sites for hydroxylation is 1. The molecule has 1 aromatic heterocycles. The molecule has 1 atom stereocenters. The Morgan fingerprint density at radius 2 is 2.16 bits per heavy atom. The van der Waals surface area contributed by atoms with Crippen molar-refractivity contribution >= 4 is 18.0 Å².